The van der Waals surface area contributed by atoms with Gasteiger partial charge in [-0.1, -0.05) is 36.4 Å². The van der Waals surface area contributed by atoms with Crippen molar-refractivity contribution < 1.29 is 55.0 Å². The number of carbonyl (C=O) groups is 4. The Morgan fingerprint density at radius 1 is 0.609 bits per heavy atom. The Morgan fingerprint density at radius 2 is 1.09 bits per heavy atom. The number of likely N-dealkylation sites (N-methyl/N-ethyl adjacent to an activating group) is 1. The van der Waals surface area contributed by atoms with E-state index in [4.69, 9.17) is 9.47 Å². The van der Waals surface area contributed by atoms with Crippen LogP contribution in [0.2, 0.25) is 0 Å². The number of anilines is 2. The molecule has 1 N–H and O–H groups in total. The summed E-state index contributed by atoms with van der Waals surface area (Å²) in [7, 11) is 1.65. The van der Waals surface area contributed by atoms with Gasteiger partial charge in [-0.05, 0) is 60.7 Å². The third-order valence-electron chi connectivity index (χ3n) is 12.4. The van der Waals surface area contributed by atoms with Crippen LogP contribution in [-0.4, -0.2) is 132 Å². The average molecular weight is 955 g/mol. The Labute approximate surface area is 391 Å². The van der Waals surface area contributed by atoms with E-state index in [1.807, 2.05) is 24.3 Å². The van der Waals surface area contributed by atoms with Gasteiger partial charge in [0.15, 0.2) is 12.2 Å². The van der Waals surface area contributed by atoms with Gasteiger partial charge in [-0.25, -0.2) is 45.9 Å². The van der Waals surface area contributed by atoms with Crippen molar-refractivity contribution in [1.29, 1.82) is 0 Å². The molecular formula is C49H44F6N8O6. The van der Waals surface area contributed by atoms with Crippen molar-refractivity contribution in [2.24, 2.45) is 0 Å². The molecule has 4 fully saturated rings. The topological polar surface area (TPSA) is 141 Å². The summed E-state index contributed by atoms with van der Waals surface area (Å²) in [5.41, 5.74) is 1.35. The molecule has 0 bridgehead atoms. The molecule has 4 aliphatic heterocycles. The summed E-state index contributed by atoms with van der Waals surface area (Å²) in [6, 6.07) is 27.9. The zero-order valence-electron chi connectivity index (χ0n) is 37.0. The van der Waals surface area contributed by atoms with Crippen molar-refractivity contribution in [1.82, 2.24) is 30.0 Å². The molecule has 10 rings (SSSR count). The number of aromatic nitrogens is 2. The number of carbonyl (C=O) groups excluding carboxylic acids is 4. The molecule has 14 nitrogen and oxygen atoms in total. The lowest BCUT2D eigenvalue weighted by molar-refractivity contribution is -0.131. The van der Waals surface area contributed by atoms with Crippen LogP contribution in [0.4, 0.5) is 47.3 Å². The first kappa shape index (κ1) is 46.5. The Hall–Kier alpha value is -7.64. The summed E-state index contributed by atoms with van der Waals surface area (Å²) in [4.78, 5) is 65.7. The maximum absolute atomic E-state index is 14.7. The lowest BCUT2D eigenvalue weighted by Gasteiger charge is -2.38. The van der Waals surface area contributed by atoms with Crippen LogP contribution in [0, 0.1) is 11.6 Å². The molecule has 6 heterocycles. The minimum absolute atomic E-state index is 0.0193. The van der Waals surface area contributed by atoms with Gasteiger partial charge in [0.05, 0.1) is 35.2 Å². The highest BCUT2D eigenvalue weighted by Gasteiger charge is 2.49. The number of amides is 6. The summed E-state index contributed by atoms with van der Waals surface area (Å²) in [5.74, 6) is -9.41. The normalized spacial score (nSPS) is 19.9. The molecule has 2 atom stereocenters. The van der Waals surface area contributed by atoms with E-state index in [1.165, 1.54) is 51.1 Å². The SMILES string of the molecule is CN1CCN(c2ccc(F)c(C(=O)N3CCC(F)(F)[C@@H](Oc4ccc5ccccc5n4)C3)c2)C1=O.O=C(c1cc(N2CCNC2=O)ccc1F)N1CCC(F)(F)[C@@H](Oc2ccc3ccccc3n2)C1. The number of ether oxygens (including phenoxy) is 2. The number of likely N-dealkylation sites (tertiary alicyclic amines) is 2. The van der Waals surface area contributed by atoms with E-state index in [0.29, 0.717) is 48.6 Å². The smallest absolute Gasteiger partial charge is 0.324 e. The lowest BCUT2D eigenvalue weighted by atomic mass is 10.0. The van der Waals surface area contributed by atoms with E-state index in [-0.39, 0.29) is 48.0 Å². The molecule has 0 radical (unpaired) electrons. The van der Waals surface area contributed by atoms with E-state index < -0.39 is 73.4 Å². The first-order valence-corrected chi connectivity index (χ1v) is 22.1. The molecule has 0 unspecified atom stereocenters. The number of pyridine rings is 2. The highest BCUT2D eigenvalue weighted by atomic mass is 19.3. The number of nitrogens with one attached hydrogen (secondary N) is 1. The summed E-state index contributed by atoms with van der Waals surface area (Å²) in [5, 5.41) is 4.31. The Kier molecular flexibility index (Phi) is 12.7. The molecule has 4 aliphatic rings. The maximum atomic E-state index is 14.7. The fourth-order valence-electron chi connectivity index (χ4n) is 8.51. The predicted octanol–water partition coefficient (Wildman–Crippen LogP) is 8.01. The van der Waals surface area contributed by atoms with Gasteiger partial charge in [0.2, 0.25) is 11.8 Å². The molecule has 358 valence electrons. The van der Waals surface area contributed by atoms with Gasteiger partial charge in [-0.3, -0.25) is 19.4 Å². The highest BCUT2D eigenvalue weighted by Crippen LogP contribution is 2.35. The molecule has 0 spiro atoms. The minimum atomic E-state index is -3.20. The molecule has 20 heteroatoms. The zero-order chi connectivity index (χ0) is 48.6. The fraction of sp³-hybridized carbons (Fsp3) is 0.306. The number of fused-ring (bicyclic) bond motifs is 2. The van der Waals surface area contributed by atoms with Gasteiger partial charge in [0.1, 0.15) is 11.6 Å². The van der Waals surface area contributed by atoms with Gasteiger partial charge in [-0.15, -0.1) is 0 Å². The predicted molar refractivity (Wildman–Crippen MR) is 242 cm³/mol. The summed E-state index contributed by atoms with van der Waals surface area (Å²) >= 11 is 0. The van der Waals surface area contributed by atoms with Crippen LogP contribution in [0.1, 0.15) is 33.6 Å². The van der Waals surface area contributed by atoms with Gasteiger partial charge in [0, 0.05) is 93.4 Å². The number of para-hydroxylation sites is 2. The number of urea groups is 2. The van der Waals surface area contributed by atoms with E-state index >= 15 is 0 Å². The second-order valence-electron chi connectivity index (χ2n) is 17.0. The number of hydrogen-bond donors (Lipinski definition) is 1. The highest BCUT2D eigenvalue weighted by molar-refractivity contribution is 6.00. The van der Waals surface area contributed by atoms with Gasteiger partial charge < -0.3 is 29.5 Å². The van der Waals surface area contributed by atoms with Crippen LogP contribution >= 0.6 is 0 Å². The molecule has 0 aliphatic carbocycles. The summed E-state index contributed by atoms with van der Waals surface area (Å²) in [6.07, 6.45) is -4.55. The third-order valence-corrected chi connectivity index (χ3v) is 12.4. The Bertz CT molecular complexity index is 2960. The summed E-state index contributed by atoms with van der Waals surface area (Å²) in [6.45, 7) is 0.327. The molecule has 6 amide bonds. The van der Waals surface area contributed by atoms with Gasteiger partial charge in [-0.2, -0.15) is 0 Å². The number of benzene rings is 4. The Morgan fingerprint density at radius 3 is 1.54 bits per heavy atom. The summed E-state index contributed by atoms with van der Waals surface area (Å²) < 4.78 is 99.1. The van der Waals surface area contributed by atoms with Crippen molar-refractivity contribution in [2.45, 2.75) is 36.9 Å². The number of piperidine rings is 2. The molecular weight excluding hydrogens is 911 g/mol. The van der Waals surface area contributed by atoms with E-state index in [1.54, 1.807) is 43.4 Å². The number of alkyl halides is 4. The third kappa shape index (κ3) is 9.73. The second kappa shape index (κ2) is 18.8. The van der Waals surface area contributed by atoms with E-state index in [9.17, 15) is 45.5 Å². The zero-order valence-corrected chi connectivity index (χ0v) is 37.0. The van der Waals surface area contributed by atoms with E-state index in [0.717, 1.165) is 32.7 Å². The monoisotopic (exact) mass is 954 g/mol. The van der Waals surface area contributed by atoms with Gasteiger partial charge in [0.25, 0.3) is 23.7 Å². The van der Waals surface area contributed by atoms with Crippen molar-refractivity contribution in [2.75, 3.05) is 69.2 Å². The largest absolute Gasteiger partial charge is 0.466 e. The van der Waals surface area contributed by atoms with Crippen molar-refractivity contribution in [3.8, 4) is 11.8 Å². The van der Waals surface area contributed by atoms with E-state index in [2.05, 4.69) is 15.3 Å². The number of hydrogen-bond acceptors (Lipinski definition) is 8. The van der Waals surface area contributed by atoms with Crippen molar-refractivity contribution in [3.05, 3.63) is 132 Å². The first-order chi connectivity index (χ1) is 33.0. The average Bonchev–Trinajstić information content (AvgIpc) is 3.93. The molecule has 4 aromatic carbocycles. The van der Waals surface area contributed by atoms with Crippen LogP contribution < -0.4 is 24.6 Å². The number of rotatable bonds is 8. The molecule has 69 heavy (non-hydrogen) atoms. The van der Waals surface area contributed by atoms with Crippen LogP contribution in [0.15, 0.2) is 109 Å². The molecule has 4 saturated heterocycles. The standard InChI is InChI=1S/C25H23F3N4O3.C24H21F3N4O3/c1-30-12-13-32(24(30)34)17-7-8-19(26)18(14-17)23(33)31-11-10-25(27,28)21(15-31)35-22-9-6-16-4-2-3-5-20(16)29-22;25-18-7-6-16(31-12-10-28-23(31)33)13-17(18)22(32)30-11-9-24(26,27)20(14-30)34-21-8-5-15-3-1-2-4-19(15)29-21/h2-9,14,21H,10-13,15H2,1H3;1-8,13,20H,9-12,14H2,(H,28,33)/t21-;20-/m00/s1. The van der Waals surface area contributed by atoms with Crippen LogP contribution in [0.5, 0.6) is 11.8 Å². The number of nitrogens with zero attached hydrogens (tertiary/aromatic N) is 7. The molecule has 0 saturated carbocycles. The first-order valence-electron chi connectivity index (χ1n) is 22.1. The number of halogens is 6. The molecule has 2 aromatic heterocycles. The van der Waals surface area contributed by atoms with Crippen LogP contribution in [0.25, 0.3) is 21.8 Å². The fourth-order valence-corrected chi connectivity index (χ4v) is 8.51. The Balaban J connectivity index is 0.000000172. The van der Waals surface area contributed by atoms with Crippen molar-refractivity contribution >= 4 is 57.1 Å². The second-order valence-corrected chi connectivity index (χ2v) is 17.0. The maximum Gasteiger partial charge on any atom is 0.324 e. The lowest BCUT2D eigenvalue weighted by Crippen LogP contribution is -2.55. The van der Waals surface area contributed by atoms with Crippen LogP contribution in [0.3, 0.4) is 0 Å². The van der Waals surface area contributed by atoms with Crippen LogP contribution in [-0.2, 0) is 0 Å². The quantitative estimate of drug-likeness (QED) is 0.152. The molecule has 6 aromatic rings. The minimum Gasteiger partial charge on any atom is -0.466 e. The van der Waals surface area contributed by atoms with Crippen molar-refractivity contribution in [3.63, 3.8) is 0 Å². The van der Waals surface area contributed by atoms with Gasteiger partial charge >= 0.3 is 12.1 Å².